The van der Waals surface area contributed by atoms with E-state index in [2.05, 4.69) is 114 Å². The SMILES string of the molecule is C[SH+]Oc1ccc2c(c1)c1cc(-c3ccccc3)ccc1n2-c1cccc2ccccc12. The van der Waals surface area contributed by atoms with Crippen molar-refractivity contribution in [3.8, 4) is 22.6 Å². The van der Waals surface area contributed by atoms with E-state index in [1.165, 1.54) is 49.4 Å². The molecule has 1 aromatic heterocycles. The van der Waals surface area contributed by atoms with Gasteiger partial charge in [-0.2, -0.15) is 0 Å². The average Bonchev–Trinajstić information content (AvgIpc) is 3.17. The second kappa shape index (κ2) is 7.77. The van der Waals surface area contributed by atoms with Crippen LogP contribution in [0.15, 0.2) is 109 Å². The van der Waals surface area contributed by atoms with Gasteiger partial charge in [0, 0.05) is 16.2 Å². The van der Waals surface area contributed by atoms with Gasteiger partial charge in [0.05, 0.1) is 16.7 Å². The van der Waals surface area contributed by atoms with Crippen LogP contribution in [0.1, 0.15) is 0 Å². The van der Waals surface area contributed by atoms with Crippen molar-refractivity contribution in [2.45, 2.75) is 0 Å². The number of nitrogens with zero attached hydrogens (tertiary/aromatic N) is 1. The minimum absolute atomic E-state index is 0.892. The van der Waals surface area contributed by atoms with Crippen LogP contribution in [-0.4, -0.2) is 10.8 Å². The summed E-state index contributed by atoms with van der Waals surface area (Å²) in [5.41, 5.74) is 6.01. The van der Waals surface area contributed by atoms with Crippen LogP contribution >= 0.6 is 0 Å². The average molecular weight is 433 g/mol. The third-order valence-electron chi connectivity index (χ3n) is 6.05. The number of fused-ring (bicyclic) bond motifs is 4. The highest BCUT2D eigenvalue weighted by atomic mass is 32.2. The fraction of sp³-hybridized carbons (Fsp3) is 0.0345. The van der Waals surface area contributed by atoms with Crippen molar-refractivity contribution in [2.24, 2.45) is 0 Å². The Morgan fingerprint density at radius 2 is 1.31 bits per heavy atom. The van der Waals surface area contributed by atoms with Crippen LogP contribution in [0.3, 0.4) is 0 Å². The minimum atomic E-state index is 0.892. The Morgan fingerprint density at radius 3 is 2.16 bits per heavy atom. The summed E-state index contributed by atoms with van der Waals surface area (Å²) >= 11 is 0.893. The molecule has 0 unspecified atom stereocenters. The third kappa shape index (κ3) is 3.05. The Bertz CT molecular complexity index is 1580. The van der Waals surface area contributed by atoms with Crippen molar-refractivity contribution in [3.05, 3.63) is 109 Å². The van der Waals surface area contributed by atoms with Gasteiger partial charge in [-0.3, -0.25) is 4.18 Å². The molecule has 0 aliphatic rings. The zero-order valence-electron chi connectivity index (χ0n) is 17.7. The number of aromatic nitrogens is 1. The summed E-state index contributed by atoms with van der Waals surface area (Å²) in [6, 6.07) is 38.9. The molecule has 0 aliphatic heterocycles. The maximum Gasteiger partial charge on any atom is 0.188 e. The van der Waals surface area contributed by atoms with Crippen molar-refractivity contribution < 1.29 is 4.18 Å². The molecular formula is C29H22NOS+. The quantitative estimate of drug-likeness (QED) is 0.210. The van der Waals surface area contributed by atoms with Gasteiger partial charge in [-0.15, -0.1) is 0 Å². The molecule has 6 rings (SSSR count). The van der Waals surface area contributed by atoms with Gasteiger partial charge in [-0.1, -0.05) is 72.8 Å². The summed E-state index contributed by atoms with van der Waals surface area (Å²) in [5, 5.41) is 4.92. The Hall–Kier alpha value is -3.69. The zero-order chi connectivity index (χ0) is 21.5. The minimum Gasteiger partial charge on any atom is -0.309 e. The molecule has 0 amide bonds. The fourth-order valence-corrected chi connectivity index (χ4v) is 4.96. The normalized spacial score (nSPS) is 11.4. The first kappa shape index (κ1) is 19.0. The van der Waals surface area contributed by atoms with Crippen molar-refractivity contribution in [1.29, 1.82) is 0 Å². The molecule has 3 heteroatoms. The molecule has 0 aliphatic carbocycles. The second-order valence-electron chi connectivity index (χ2n) is 7.88. The lowest BCUT2D eigenvalue weighted by atomic mass is 10.0. The smallest absolute Gasteiger partial charge is 0.188 e. The number of hydrogen-bond donors (Lipinski definition) is 0. The van der Waals surface area contributed by atoms with Gasteiger partial charge in [0.1, 0.15) is 6.26 Å². The molecule has 32 heavy (non-hydrogen) atoms. The van der Waals surface area contributed by atoms with Crippen LogP contribution in [0.25, 0.3) is 49.4 Å². The van der Waals surface area contributed by atoms with Crippen LogP contribution in [0, 0.1) is 0 Å². The van der Waals surface area contributed by atoms with Crippen LogP contribution in [0.4, 0.5) is 0 Å². The van der Waals surface area contributed by atoms with Gasteiger partial charge >= 0.3 is 0 Å². The van der Waals surface area contributed by atoms with Gasteiger partial charge in [0.2, 0.25) is 0 Å². The van der Waals surface area contributed by atoms with E-state index in [1.54, 1.807) is 0 Å². The molecule has 5 aromatic carbocycles. The first-order chi connectivity index (χ1) is 15.8. The first-order valence-electron chi connectivity index (χ1n) is 10.7. The van der Waals surface area contributed by atoms with Crippen LogP contribution in [-0.2, 0) is 12.0 Å². The van der Waals surface area contributed by atoms with Gasteiger partial charge in [-0.25, -0.2) is 0 Å². The molecule has 6 aromatic rings. The third-order valence-corrected chi connectivity index (χ3v) is 6.44. The number of hydrogen-bond acceptors (Lipinski definition) is 1. The second-order valence-corrected chi connectivity index (χ2v) is 8.43. The molecule has 0 fully saturated rings. The van der Waals surface area contributed by atoms with Crippen LogP contribution in [0.5, 0.6) is 5.75 Å². The van der Waals surface area contributed by atoms with Gasteiger partial charge < -0.3 is 4.57 Å². The molecule has 0 radical (unpaired) electrons. The molecule has 0 saturated heterocycles. The highest BCUT2D eigenvalue weighted by Crippen LogP contribution is 2.38. The topological polar surface area (TPSA) is 14.2 Å². The van der Waals surface area contributed by atoms with Crippen LogP contribution < -0.4 is 4.18 Å². The number of thiol groups is 1. The molecule has 0 N–H and O–H groups in total. The molecule has 0 saturated carbocycles. The Morgan fingerprint density at radius 1 is 0.594 bits per heavy atom. The highest BCUT2D eigenvalue weighted by Gasteiger charge is 2.16. The van der Waals surface area contributed by atoms with Gasteiger partial charge in [0.15, 0.2) is 17.8 Å². The monoisotopic (exact) mass is 432 g/mol. The molecule has 0 spiro atoms. The lowest BCUT2D eigenvalue weighted by Crippen LogP contribution is -1.95. The van der Waals surface area contributed by atoms with Crippen molar-refractivity contribution in [2.75, 3.05) is 6.26 Å². The summed E-state index contributed by atoms with van der Waals surface area (Å²) < 4.78 is 8.21. The Balaban J connectivity index is 1.71. The molecule has 0 bridgehead atoms. The Kier molecular flexibility index (Phi) is 4.62. The maximum absolute atomic E-state index is 5.83. The lowest BCUT2D eigenvalue weighted by molar-refractivity contribution is 0.647. The maximum atomic E-state index is 5.83. The predicted octanol–water partition coefficient (Wildman–Crippen LogP) is 7.34. The van der Waals surface area contributed by atoms with E-state index in [4.69, 9.17) is 4.18 Å². The zero-order valence-corrected chi connectivity index (χ0v) is 18.6. The molecule has 1 heterocycles. The van der Waals surface area contributed by atoms with Crippen molar-refractivity contribution in [3.63, 3.8) is 0 Å². The van der Waals surface area contributed by atoms with E-state index in [9.17, 15) is 0 Å². The standard InChI is InChI=1S/C29H21NOS/c1-32-31-23-15-17-29-26(19-23)25-18-22(20-8-3-2-4-9-20)14-16-28(25)30(29)27-13-7-11-21-10-5-6-12-24(21)27/h2-19H,1H3/p+1. The summed E-state index contributed by atoms with van der Waals surface area (Å²) in [5.74, 6) is 0.892. The predicted molar refractivity (Wildman–Crippen MR) is 139 cm³/mol. The van der Waals surface area contributed by atoms with E-state index in [0.717, 1.165) is 17.8 Å². The van der Waals surface area contributed by atoms with Gasteiger partial charge in [0.25, 0.3) is 0 Å². The van der Waals surface area contributed by atoms with Crippen LogP contribution in [0.2, 0.25) is 0 Å². The van der Waals surface area contributed by atoms with Crippen molar-refractivity contribution in [1.82, 2.24) is 4.57 Å². The van der Waals surface area contributed by atoms with E-state index < -0.39 is 0 Å². The molecular weight excluding hydrogens is 410 g/mol. The number of benzene rings is 5. The van der Waals surface area contributed by atoms with Crippen molar-refractivity contribution >= 4 is 44.6 Å². The van der Waals surface area contributed by atoms with E-state index in [1.807, 2.05) is 6.26 Å². The van der Waals surface area contributed by atoms with Gasteiger partial charge in [-0.05, 0) is 52.9 Å². The lowest BCUT2D eigenvalue weighted by Gasteiger charge is -2.12. The van der Waals surface area contributed by atoms with E-state index >= 15 is 0 Å². The number of rotatable bonds is 4. The summed E-state index contributed by atoms with van der Waals surface area (Å²) in [6.07, 6.45) is 2.00. The van der Waals surface area contributed by atoms with E-state index in [-0.39, 0.29) is 0 Å². The Labute approximate surface area is 191 Å². The highest BCUT2D eigenvalue weighted by molar-refractivity contribution is 7.73. The largest absolute Gasteiger partial charge is 0.309 e. The summed E-state index contributed by atoms with van der Waals surface area (Å²) in [4.78, 5) is 0. The summed E-state index contributed by atoms with van der Waals surface area (Å²) in [7, 11) is 0. The molecule has 154 valence electrons. The molecule has 2 nitrogen and oxygen atoms in total. The first-order valence-corrected chi connectivity index (χ1v) is 12.0. The summed E-state index contributed by atoms with van der Waals surface area (Å²) in [6.45, 7) is 0. The fourth-order valence-electron chi connectivity index (χ4n) is 4.64. The molecule has 0 atom stereocenters. The van der Waals surface area contributed by atoms with E-state index in [0.29, 0.717) is 0 Å².